The standard InChI is InChI=1S/C16H20FN3O3S/c1-2-23-16(21)13(14(18)20-7-9-22-10-8-20)15(24)19-12-5-3-11(17)4-6-12/h3-6H,2,7-10,18H2,1H3,(H,19,24)/b14-13-. The van der Waals surface area contributed by atoms with Gasteiger partial charge in [-0.15, -0.1) is 0 Å². The van der Waals surface area contributed by atoms with Crippen LogP contribution in [0.2, 0.25) is 0 Å². The van der Waals surface area contributed by atoms with Crippen molar-refractivity contribution in [3.05, 3.63) is 41.5 Å². The number of hydrogen-bond donors (Lipinski definition) is 2. The summed E-state index contributed by atoms with van der Waals surface area (Å²) < 4.78 is 23.4. The van der Waals surface area contributed by atoms with E-state index in [2.05, 4.69) is 5.32 Å². The first-order valence-corrected chi connectivity index (χ1v) is 8.00. The number of esters is 1. The van der Waals surface area contributed by atoms with Crippen LogP contribution in [0.3, 0.4) is 0 Å². The number of morpholine rings is 1. The normalized spacial score (nSPS) is 15.5. The van der Waals surface area contributed by atoms with Gasteiger partial charge in [-0.3, -0.25) is 0 Å². The fraction of sp³-hybridized carbons (Fsp3) is 0.375. The summed E-state index contributed by atoms with van der Waals surface area (Å²) in [6.45, 7) is 4.08. The molecular weight excluding hydrogens is 333 g/mol. The van der Waals surface area contributed by atoms with Gasteiger partial charge in [0.25, 0.3) is 0 Å². The van der Waals surface area contributed by atoms with E-state index in [1.807, 2.05) is 4.90 Å². The Kier molecular flexibility index (Phi) is 6.51. The third-order valence-electron chi connectivity index (χ3n) is 3.42. The molecule has 1 aliphatic rings. The Labute approximate surface area is 145 Å². The molecule has 24 heavy (non-hydrogen) atoms. The third kappa shape index (κ3) is 4.65. The monoisotopic (exact) mass is 353 g/mol. The molecule has 0 saturated carbocycles. The number of nitrogens with zero attached hydrogens (tertiary/aromatic N) is 1. The predicted molar refractivity (Wildman–Crippen MR) is 92.9 cm³/mol. The Hall–Kier alpha value is -2.19. The molecule has 0 aromatic heterocycles. The van der Waals surface area contributed by atoms with Gasteiger partial charge in [-0.25, -0.2) is 9.18 Å². The Morgan fingerprint density at radius 2 is 2.00 bits per heavy atom. The van der Waals surface area contributed by atoms with Crippen LogP contribution < -0.4 is 11.1 Å². The number of hydrogen-bond acceptors (Lipinski definition) is 6. The lowest BCUT2D eigenvalue weighted by molar-refractivity contribution is -0.138. The van der Waals surface area contributed by atoms with Gasteiger partial charge in [-0.1, -0.05) is 12.2 Å². The fourth-order valence-corrected chi connectivity index (χ4v) is 2.51. The lowest BCUT2D eigenvalue weighted by Crippen LogP contribution is -2.41. The maximum absolute atomic E-state index is 13.0. The van der Waals surface area contributed by atoms with Crippen LogP contribution in [-0.4, -0.2) is 48.8 Å². The third-order valence-corrected chi connectivity index (χ3v) is 3.72. The van der Waals surface area contributed by atoms with E-state index in [9.17, 15) is 9.18 Å². The second-order valence-corrected chi connectivity index (χ2v) is 5.45. The molecule has 8 heteroatoms. The molecule has 1 aromatic rings. The van der Waals surface area contributed by atoms with Crippen LogP contribution in [0.1, 0.15) is 6.92 Å². The summed E-state index contributed by atoms with van der Waals surface area (Å²) in [7, 11) is 0. The summed E-state index contributed by atoms with van der Waals surface area (Å²) >= 11 is 5.32. The second kappa shape index (κ2) is 8.60. The molecule has 0 radical (unpaired) electrons. The zero-order valence-electron chi connectivity index (χ0n) is 13.4. The SMILES string of the molecule is CCOC(=O)/C(C(=S)Nc1ccc(F)cc1)=C(/N)N1CCOCC1. The quantitative estimate of drug-likeness (QED) is 0.473. The molecule has 0 amide bonds. The molecule has 0 spiro atoms. The number of anilines is 1. The van der Waals surface area contributed by atoms with Gasteiger partial charge in [0.2, 0.25) is 0 Å². The molecule has 2 rings (SSSR count). The largest absolute Gasteiger partial charge is 0.462 e. The molecule has 1 aliphatic heterocycles. The van der Waals surface area contributed by atoms with E-state index in [0.29, 0.717) is 32.0 Å². The Morgan fingerprint density at radius 3 is 2.58 bits per heavy atom. The van der Waals surface area contributed by atoms with Crippen molar-refractivity contribution in [3.63, 3.8) is 0 Å². The van der Waals surface area contributed by atoms with Crippen molar-refractivity contribution in [2.24, 2.45) is 5.73 Å². The van der Waals surface area contributed by atoms with Gasteiger partial charge in [0, 0.05) is 18.8 Å². The van der Waals surface area contributed by atoms with Crippen molar-refractivity contribution in [1.82, 2.24) is 4.90 Å². The first-order valence-electron chi connectivity index (χ1n) is 7.59. The molecule has 0 unspecified atom stereocenters. The number of nitrogens with two attached hydrogens (primary N) is 1. The van der Waals surface area contributed by atoms with Gasteiger partial charge in [0.05, 0.1) is 19.8 Å². The molecule has 130 valence electrons. The number of rotatable bonds is 5. The van der Waals surface area contributed by atoms with Gasteiger partial charge >= 0.3 is 5.97 Å². The fourth-order valence-electron chi connectivity index (χ4n) is 2.21. The highest BCUT2D eigenvalue weighted by atomic mass is 32.1. The van der Waals surface area contributed by atoms with Crippen LogP contribution in [0.5, 0.6) is 0 Å². The zero-order valence-corrected chi connectivity index (χ0v) is 14.2. The van der Waals surface area contributed by atoms with E-state index in [4.69, 9.17) is 27.4 Å². The summed E-state index contributed by atoms with van der Waals surface area (Å²) in [4.78, 5) is 14.3. The van der Waals surface area contributed by atoms with E-state index < -0.39 is 5.97 Å². The molecule has 1 heterocycles. The summed E-state index contributed by atoms with van der Waals surface area (Å²) in [5.41, 5.74) is 6.81. The summed E-state index contributed by atoms with van der Waals surface area (Å²) in [6, 6.07) is 5.64. The topological polar surface area (TPSA) is 76.8 Å². The number of ether oxygens (including phenoxy) is 2. The minimum absolute atomic E-state index is 0.0954. The van der Waals surface area contributed by atoms with E-state index in [1.165, 1.54) is 24.3 Å². The minimum Gasteiger partial charge on any atom is -0.462 e. The number of nitrogens with one attached hydrogen (secondary N) is 1. The minimum atomic E-state index is -0.596. The van der Waals surface area contributed by atoms with Crippen molar-refractivity contribution in [2.45, 2.75) is 6.92 Å². The highest BCUT2D eigenvalue weighted by molar-refractivity contribution is 7.81. The number of benzene rings is 1. The average molecular weight is 353 g/mol. The number of thiocarbonyl (C=S) groups is 1. The smallest absolute Gasteiger partial charge is 0.344 e. The molecular formula is C16H20FN3O3S. The lowest BCUT2D eigenvalue weighted by Gasteiger charge is -2.30. The molecule has 1 aromatic carbocycles. The van der Waals surface area contributed by atoms with Gasteiger partial charge in [0.1, 0.15) is 22.2 Å². The van der Waals surface area contributed by atoms with Crippen LogP contribution in [-0.2, 0) is 14.3 Å². The van der Waals surface area contributed by atoms with Crippen LogP contribution in [0.4, 0.5) is 10.1 Å². The Bertz CT molecular complexity index is 628. The van der Waals surface area contributed by atoms with Gasteiger partial charge in [-0.05, 0) is 31.2 Å². The Morgan fingerprint density at radius 1 is 1.38 bits per heavy atom. The van der Waals surface area contributed by atoms with Crippen molar-refractivity contribution in [3.8, 4) is 0 Å². The molecule has 0 atom stereocenters. The summed E-state index contributed by atoms with van der Waals surface area (Å²) in [5.74, 6) is -0.710. The maximum atomic E-state index is 13.0. The Balaban J connectivity index is 2.25. The van der Waals surface area contributed by atoms with E-state index >= 15 is 0 Å². The molecule has 0 bridgehead atoms. The molecule has 3 N–H and O–H groups in total. The van der Waals surface area contributed by atoms with E-state index in [-0.39, 0.29) is 28.8 Å². The lowest BCUT2D eigenvalue weighted by atomic mass is 10.2. The van der Waals surface area contributed by atoms with E-state index in [1.54, 1.807) is 6.92 Å². The second-order valence-electron chi connectivity index (χ2n) is 5.04. The van der Waals surface area contributed by atoms with Crippen molar-refractivity contribution in [1.29, 1.82) is 0 Å². The zero-order chi connectivity index (χ0) is 17.5. The molecule has 0 aliphatic carbocycles. The van der Waals surface area contributed by atoms with Crippen LogP contribution in [0.15, 0.2) is 35.7 Å². The van der Waals surface area contributed by atoms with Crippen molar-refractivity contribution in [2.75, 3.05) is 38.2 Å². The number of halogens is 1. The molecule has 1 saturated heterocycles. The maximum Gasteiger partial charge on any atom is 0.344 e. The van der Waals surface area contributed by atoms with Crippen molar-refractivity contribution < 1.29 is 18.7 Å². The highest BCUT2D eigenvalue weighted by Gasteiger charge is 2.25. The van der Waals surface area contributed by atoms with Crippen LogP contribution in [0, 0.1) is 5.82 Å². The van der Waals surface area contributed by atoms with Crippen LogP contribution >= 0.6 is 12.2 Å². The number of carbonyl (C=O) groups is 1. The van der Waals surface area contributed by atoms with Crippen molar-refractivity contribution >= 4 is 28.9 Å². The first kappa shape index (κ1) is 18.2. The molecule has 6 nitrogen and oxygen atoms in total. The average Bonchev–Trinajstić information content (AvgIpc) is 2.58. The van der Waals surface area contributed by atoms with Gasteiger partial charge in [-0.2, -0.15) is 0 Å². The molecule has 1 fully saturated rings. The first-order chi connectivity index (χ1) is 11.5. The van der Waals surface area contributed by atoms with Gasteiger partial charge in [0.15, 0.2) is 0 Å². The predicted octanol–water partition coefficient (Wildman–Crippen LogP) is 1.63. The number of carbonyl (C=O) groups excluding carboxylic acids is 1. The van der Waals surface area contributed by atoms with E-state index in [0.717, 1.165) is 0 Å². The van der Waals surface area contributed by atoms with Crippen LogP contribution in [0.25, 0.3) is 0 Å². The highest BCUT2D eigenvalue weighted by Crippen LogP contribution is 2.15. The summed E-state index contributed by atoms with van der Waals surface area (Å²) in [6.07, 6.45) is 0. The van der Waals surface area contributed by atoms with Gasteiger partial charge < -0.3 is 25.4 Å². The summed E-state index contributed by atoms with van der Waals surface area (Å²) in [5, 5.41) is 2.90.